The number of amides is 1. The molecule has 9 nitrogen and oxygen atoms in total. The SMILES string of the molecule is O=C(N[C@@H](Cc1ccc(O)cc1)C(=O)OCc1ccccc1)OCc1ccccc1.O=S(=O)(O)C(F)(F)F. The number of rotatable bonds is 8. The third-order valence-electron chi connectivity index (χ3n) is 4.68. The maximum Gasteiger partial charge on any atom is 0.522 e. The first-order valence-corrected chi connectivity index (χ1v) is 12.3. The number of nitrogens with one attached hydrogen (secondary N) is 1. The quantitative estimate of drug-likeness (QED) is 0.212. The van der Waals surface area contributed by atoms with Crippen LogP contribution in [-0.4, -0.2) is 41.7 Å². The molecule has 13 heteroatoms. The molecule has 3 aromatic rings. The van der Waals surface area contributed by atoms with Crippen LogP contribution in [0, 0.1) is 0 Å². The second-order valence-corrected chi connectivity index (χ2v) is 9.06. The van der Waals surface area contributed by atoms with Crippen LogP contribution in [0.1, 0.15) is 16.7 Å². The van der Waals surface area contributed by atoms with E-state index >= 15 is 0 Å². The summed E-state index contributed by atoms with van der Waals surface area (Å²) in [5, 5.41) is 12.0. The van der Waals surface area contributed by atoms with E-state index in [0.717, 1.165) is 16.7 Å². The van der Waals surface area contributed by atoms with Gasteiger partial charge in [0.1, 0.15) is 25.0 Å². The molecular formula is C25H24F3NO8S. The highest BCUT2D eigenvalue weighted by Crippen LogP contribution is 2.20. The zero-order valence-corrected chi connectivity index (χ0v) is 20.5. The summed E-state index contributed by atoms with van der Waals surface area (Å²) in [7, 11) is -5.84. The van der Waals surface area contributed by atoms with Gasteiger partial charge in [0.05, 0.1) is 0 Å². The summed E-state index contributed by atoms with van der Waals surface area (Å²) in [6.45, 7) is 0.199. The van der Waals surface area contributed by atoms with Crippen LogP contribution < -0.4 is 5.32 Å². The van der Waals surface area contributed by atoms with Crippen LogP contribution in [0.2, 0.25) is 0 Å². The van der Waals surface area contributed by atoms with Gasteiger partial charge in [-0.2, -0.15) is 21.6 Å². The molecule has 1 atom stereocenters. The number of phenols is 1. The monoisotopic (exact) mass is 555 g/mol. The zero-order valence-electron chi connectivity index (χ0n) is 19.7. The highest BCUT2D eigenvalue weighted by atomic mass is 32.2. The van der Waals surface area contributed by atoms with Gasteiger partial charge >= 0.3 is 27.7 Å². The minimum absolute atomic E-state index is 0.0949. The molecule has 204 valence electrons. The van der Waals surface area contributed by atoms with Gasteiger partial charge < -0.3 is 19.9 Å². The molecule has 0 saturated carbocycles. The molecule has 0 aliphatic carbocycles. The number of esters is 1. The predicted octanol–water partition coefficient (Wildman–Crippen LogP) is 4.37. The van der Waals surface area contributed by atoms with E-state index in [2.05, 4.69) is 5.32 Å². The van der Waals surface area contributed by atoms with Crippen LogP contribution in [0.3, 0.4) is 0 Å². The van der Waals surface area contributed by atoms with Gasteiger partial charge in [0, 0.05) is 6.42 Å². The van der Waals surface area contributed by atoms with E-state index in [4.69, 9.17) is 22.4 Å². The number of hydrogen-bond acceptors (Lipinski definition) is 7. The van der Waals surface area contributed by atoms with Gasteiger partial charge in [-0.3, -0.25) is 4.55 Å². The molecule has 0 saturated heterocycles. The molecular weight excluding hydrogens is 531 g/mol. The summed E-state index contributed by atoms with van der Waals surface area (Å²) in [5.74, 6) is -0.444. The Kier molecular flexibility index (Phi) is 11.1. The molecule has 0 heterocycles. The van der Waals surface area contributed by atoms with Gasteiger partial charge in [0.25, 0.3) is 0 Å². The highest BCUT2D eigenvalue weighted by Gasteiger charge is 2.44. The molecule has 38 heavy (non-hydrogen) atoms. The average Bonchev–Trinajstić information content (AvgIpc) is 2.87. The Labute approximate surface area is 216 Å². The van der Waals surface area contributed by atoms with Crippen LogP contribution in [0.15, 0.2) is 84.9 Å². The number of carbonyl (C=O) groups excluding carboxylic acids is 2. The zero-order chi connectivity index (χ0) is 28.2. The van der Waals surface area contributed by atoms with Crippen molar-refractivity contribution < 1.29 is 50.3 Å². The standard InChI is InChI=1S/C24H23NO5.CHF3O3S/c26-21-13-11-18(12-14-21)15-22(23(27)29-16-19-7-3-1-4-8-19)25-24(28)30-17-20-9-5-2-6-10-20;2-1(3,4)8(5,6)7/h1-14,22,26H,15-17H2,(H,25,28);(H,5,6,7)/t22-;/m0./s1. The molecule has 0 bridgehead atoms. The fourth-order valence-electron chi connectivity index (χ4n) is 2.80. The number of ether oxygens (including phenoxy) is 2. The lowest BCUT2D eigenvalue weighted by atomic mass is 10.1. The Morgan fingerprint density at radius 2 is 1.24 bits per heavy atom. The normalized spacial score (nSPS) is 11.9. The topological polar surface area (TPSA) is 139 Å². The molecule has 0 aliphatic heterocycles. The largest absolute Gasteiger partial charge is 0.522 e. The molecule has 3 aromatic carbocycles. The first-order chi connectivity index (χ1) is 17.8. The number of aromatic hydroxyl groups is 1. The van der Waals surface area contributed by atoms with Crippen LogP contribution in [-0.2, 0) is 44.0 Å². The number of phenolic OH excluding ortho intramolecular Hbond substituents is 1. The van der Waals surface area contributed by atoms with Crippen LogP contribution in [0.25, 0.3) is 0 Å². The van der Waals surface area contributed by atoms with Gasteiger partial charge in [-0.05, 0) is 28.8 Å². The molecule has 0 aliphatic rings. The second-order valence-electron chi connectivity index (χ2n) is 7.64. The van der Waals surface area contributed by atoms with Crippen LogP contribution in [0.4, 0.5) is 18.0 Å². The molecule has 0 aromatic heterocycles. The lowest BCUT2D eigenvalue weighted by molar-refractivity contribution is -0.147. The molecule has 3 rings (SSSR count). The summed E-state index contributed by atoms with van der Waals surface area (Å²) >= 11 is 0. The van der Waals surface area contributed by atoms with Crippen molar-refractivity contribution in [2.24, 2.45) is 0 Å². The average molecular weight is 556 g/mol. The van der Waals surface area contributed by atoms with Crippen molar-refractivity contribution in [3.8, 4) is 5.75 Å². The summed E-state index contributed by atoms with van der Waals surface area (Å²) in [6.07, 6.45) is -0.506. The van der Waals surface area contributed by atoms with Gasteiger partial charge in [0.15, 0.2) is 0 Å². The Morgan fingerprint density at radius 1 is 0.789 bits per heavy atom. The van der Waals surface area contributed by atoms with Crippen molar-refractivity contribution in [2.75, 3.05) is 0 Å². The van der Waals surface area contributed by atoms with Crippen molar-refractivity contribution in [2.45, 2.75) is 31.2 Å². The third kappa shape index (κ3) is 10.9. The van der Waals surface area contributed by atoms with E-state index in [1.54, 1.807) is 12.1 Å². The van der Waals surface area contributed by atoms with E-state index in [0.29, 0.717) is 0 Å². The van der Waals surface area contributed by atoms with Crippen molar-refractivity contribution in [3.63, 3.8) is 0 Å². The molecule has 0 unspecified atom stereocenters. The Hall–Kier alpha value is -4.10. The first kappa shape index (κ1) is 30.1. The number of hydrogen-bond donors (Lipinski definition) is 3. The number of halogens is 3. The van der Waals surface area contributed by atoms with Crippen molar-refractivity contribution in [3.05, 3.63) is 102 Å². The van der Waals surface area contributed by atoms with Crippen molar-refractivity contribution in [1.29, 1.82) is 0 Å². The number of alkyl halides is 3. The fourth-order valence-corrected chi connectivity index (χ4v) is 2.80. The smallest absolute Gasteiger partial charge is 0.508 e. The summed E-state index contributed by atoms with van der Waals surface area (Å²) in [5.41, 5.74) is -3.08. The van der Waals surface area contributed by atoms with Gasteiger partial charge in [-0.25, -0.2) is 9.59 Å². The number of alkyl carbamates (subject to hydrolysis) is 1. The Balaban J connectivity index is 0.000000550. The van der Waals surface area contributed by atoms with Crippen LogP contribution in [0.5, 0.6) is 5.75 Å². The molecule has 0 spiro atoms. The minimum Gasteiger partial charge on any atom is -0.508 e. The summed E-state index contributed by atoms with van der Waals surface area (Å²) in [4.78, 5) is 24.9. The fraction of sp³-hybridized carbons (Fsp3) is 0.200. The molecule has 0 radical (unpaired) electrons. The lowest BCUT2D eigenvalue weighted by Crippen LogP contribution is -2.43. The van der Waals surface area contributed by atoms with Crippen molar-refractivity contribution >= 4 is 22.2 Å². The van der Waals surface area contributed by atoms with Crippen molar-refractivity contribution in [1.82, 2.24) is 5.32 Å². The minimum atomic E-state index is -5.84. The molecule has 1 amide bonds. The predicted molar refractivity (Wildman–Crippen MR) is 129 cm³/mol. The highest BCUT2D eigenvalue weighted by molar-refractivity contribution is 7.86. The Morgan fingerprint density at radius 3 is 1.68 bits per heavy atom. The van der Waals surface area contributed by atoms with Gasteiger partial charge in [-0.1, -0.05) is 72.8 Å². The van der Waals surface area contributed by atoms with Gasteiger partial charge in [0.2, 0.25) is 0 Å². The summed E-state index contributed by atoms with van der Waals surface area (Å²) in [6, 6.07) is 24.0. The second kappa shape index (κ2) is 14.0. The van der Waals surface area contributed by atoms with E-state index < -0.39 is 33.7 Å². The first-order valence-electron chi connectivity index (χ1n) is 10.8. The van der Waals surface area contributed by atoms with E-state index in [1.807, 2.05) is 60.7 Å². The van der Waals surface area contributed by atoms with E-state index in [-0.39, 0.29) is 25.4 Å². The molecule has 3 N–H and O–H groups in total. The summed E-state index contributed by atoms with van der Waals surface area (Å²) < 4.78 is 68.2. The molecule has 0 fully saturated rings. The maximum atomic E-state index is 12.7. The van der Waals surface area contributed by atoms with Gasteiger partial charge in [-0.15, -0.1) is 0 Å². The third-order valence-corrected chi connectivity index (χ3v) is 5.27. The maximum absolute atomic E-state index is 12.7. The van der Waals surface area contributed by atoms with E-state index in [1.165, 1.54) is 12.1 Å². The Bertz CT molecular complexity index is 1270. The lowest BCUT2D eigenvalue weighted by Gasteiger charge is -2.18. The van der Waals surface area contributed by atoms with E-state index in [9.17, 15) is 27.9 Å². The van der Waals surface area contributed by atoms with Crippen LogP contribution >= 0.6 is 0 Å². The number of benzene rings is 3. The number of carbonyl (C=O) groups is 2.